The molecule has 0 amide bonds. The van der Waals surface area contributed by atoms with Gasteiger partial charge in [0.15, 0.2) is 0 Å². The molecule has 1 N–H and O–H groups in total. The van der Waals surface area contributed by atoms with Crippen LogP contribution >= 0.6 is 0 Å². The van der Waals surface area contributed by atoms with Crippen LogP contribution in [0.1, 0.15) is 24.6 Å². The zero-order valence-electron chi connectivity index (χ0n) is 10.9. The number of halogens is 2. The van der Waals surface area contributed by atoms with E-state index in [1.165, 1.54) is 12.1 Å². The first-order valence-electron chi connectivity index (χ1n) is 6.35. The standard InChI is InChI=1S/C14H17F2N3/c1-2-4-17-9-14-3-5-19(18-14)10-11-6-12(15)8-13(16)7-11/h3,5-8,17H,2,4,9-10H2,1H3. The Kier molecular flexibility index (Phi) is 4.63. The molecule has 0 atom stereocenters. The Hall–Kier alpha value is -1.75. The van der Waals surface area contributed by atoms with Gasteiger partial charge in [-0.05, 0) is 36.7 Å². The molecule has 0 aliphatic rings. The van der Waals surface area contributed by atoms with E-state index in [1.807, 2.05) is 12.3 Å². The molecule has 0 saturated heterocycles. The van der Waals surface area contributed by atoms with E-state index in [0.29, 0.717) is 18.7 Å². The largest absolute Gasteiger partial charge is 0.311 e. The van der Waals surface area contributed by atoms with Gasteiger partial charge in [-0.2, -0.15) is 5.10 Å². The van der Waals surface area contributed by atoms with Crippen LogP contribution in [-0.2, 0) is 13.1 Å². The van der Waals surface area contributed by atoms with Gasteiger partial charge in [0.2, 0.25) is 0 Å². The van der Waals surface area contributed by atoms with Crippen molar-refractivity contribution in [3.63, 3.8) is 0 Å². The number of nitrogens with one attached hydrogen (secondary N) is 1. The Balaban J connectivity index is 1.99. The summed E-state index contributed by atoms with van der Waals surface area (Å²) in [5.74, 6) is -1.13. The topological polar surface area (TPSA) is 29.9 Å². The molecule has 3 nitrogen and oxygen atoms in total. The lowest BCUT2D eigenvalue weighted by molar-refractivity contribution is 0.573. The fraction of sp³-hybridized carbons (Fsp3) is 0.357. The summed E-state index contributed by atoms with van der Waals surface area (Å²) >= 11 is 0. The van der Waals surface area contributed by atoms with Crippen molar-refractivity contribution in [2.24, 2.45) is 0 Å². The maximum absolute atomic E-state index is 13.1. The monoisotopic (exact) mass is 265 g/mol. The molecule has 0 fully saturated rings. The van der Waals surface area contributed by atoms with E-state index in [4.69, 9.17) is 0 Å². The van der Waals surface area contributed by atoms with Crippen molar-refractivity contribution in [2.45, 2.75) is 26.4 Å². The molecule has 0 saturated carbocycles. The molecule has 1 heterocycles. The minimum atomic E-state index is -0.563. The third kappa shape index (κ3) is 4.13. The molecule has 1 aromatic carbocycles. The second kappa shape index (κ2) is 6.43. The maximum Gasteiger partial charge on any atom is 0.126 e. The van der Waals surface area contributed by atoms with E-state index in [9.17, 15) is 8.78 Å². The summed E-state index contributed by atoms with van der Waals surface area (Å²) in [6.07, 6.45) is 2.88. The summed E-state index contributed by atoms with van der Waals surface area (Å²) in [5.41, 5.74) is 1.49. The van der Waals surface area contributed by atoms with Gasteiger partial charge in [-0.3, -0.25) is 4.68 Å². The second-order valence-electron chi connectivity index (χ2n) is 4.46. The SMILES string of the molecule is CCCNCc1ccn(Cc2cc(F)cc(F)c2)n1. The lowest BCUT2D eigenvalue weighted by Gasteiger charge is -2.03. The van der Waals surface area contributed by atoms with E-state index >= 15 is 0 Å². The predicted octanol–water partition coefficient (Wildman–Crippen LogP) is 2.71. The summed E-state index contributed by atoms with van der Waals surface area (Å²) in [5, 5.41) is 7.60. The Bertz CT molecular complexity index is 517. The van der Waals surface area contributed by atoms with Crippen molar-refractivity contribution in [3.05, 3.63) is 53.4 Å². The van der Waals surface area contributed by atoms with Gasteiger partial charge >= 0.3 is 0 Å². The van der Waals surface area contributed by atoms with Crippen LogP contribution in [0.3, 0.4) is 0 Å². The highest BCUT2D eigenvalue weighted by atomic mass is 19.1. The summed E-state index contributed by atoms with van der Waals surface area (Å²) in [4.78, 5) is 0. The fourth-order valence-electron chi connectivity index (χ4n) is 1.87. The van der Waals surface area contributed by atoms with Crippen LogP contribution in [0.15, 0.2) is 30.5 Å². The normalized spacial score (nSPS) is 10.9. The minimum Gasteiger partial charge on any atom is -0.311 e. The van der Waals surface area contributed by atoms with Crippen LogP contribution in [0.2, 0.25) is 0 Å². The predicted molar refractivity (Wildman–Crippen MR) is 69.7 cm³/mol. The lowest BCUT2D eigenvalue weighted by Crippen LogP contribution is -2.14. The Morgan fingerprint density at radius 3 is 2.63 bits per heavy atom. The first-order valence-corrected chi connectivity index (χ1v) is 6.35. The van der Waals surface area contributed by atoms with Gasteiger partial charge < -0.3 is 5.32 Å². The van der Waals surface area contributed by atoms with Crippen LogP contribution in [0, 0.1) is 11.6 Å². The van der Waals surface area contributed by atoms with Crippen LogP contribution in [0.4, 0.5) is 8.78 Å². The summed E-state index contributed by atoms with van der Waals surface area (Å²) in [6, 6.07) is 5.41. The molecule has 0 radical (unpaired) electrons. The van der Waals surface area contributed by atoms with Gasteiger partial charge in [-0.15, -0.1) is 0 Å². The van der Waals surface area contributed by atoms with Gasteiger partial charge in [0.25, 0.3) is 0 Å². The van der Waals surface area contributed by atoms with Crippen LogP contribution in [-0.4, -0.2) is 16.3 Å². The van der Waals surface area contributed by atoms with E-state index < -0.39 is 11.6 Å². The van der Waals surface area contributed by atoms with Crippen LogP contribution < -0.4 is 5.32 Å². The van der Waals surface area contributed by atoms with E-state index in [1.54, 1.807) is 4.68 Å². The highest BCUT2D eigenvalue weighted by molar-refractivity contribution is 5.18. The van der Waals surface area contributed by atoms with Gasteiger partial charge in [0.05, 0.1) is 12.2 Å². The molecule has 1 aromatic heterocycles. The summed E-state index contributed by atoms with van der Waals surface area (Å²) < 4.78 is 27.8. The number of benzene rings is 1. The smallest absolute Gasteiger partial charge is 0.126 e. The first kappa shape index (κ1) is 13.7. The van der Waals surface area contributed by atoms with Crippen molar-refractivity contribution < 1.29 is 8.78 Å². The van der Waals surface area contributed by atoms with Gasteiger partial charge in [0, 0.05) is 18.8 Å². The van der Waals surface area contributed by atoms with Crippen molar-refractivity contribution >= 4 is 0 Å². The molecule has 19 heavy (non-hydrogen) atoms. The molecular formula is C14H17F2N3. The van der Waals surface area contributed by atoms with Gasteiger partial charge in [0.1, 0.15) is 11.6 Å². The third-order valence-corrected chi connectivity index (χ3v) is 2.70. The average Bonchev–Trinajstić information content (AvgIpc) is 2.76. The fourth-order valence-corrected chi connectivity index (χ4v) is 1.87. The quantitative estimate of drug-likeness (QED) is 0.814. The van der Waals surface area contributed by atoms with Crippen LogP contribution in [0.5, 0.6) is 0 Å². The Morgan fingerprint density at radius 2 is 1.95 bits per heavy atom. The molecule has 2 aromatic rings. The third-order valence-electron chi connectivity index (χ3n) is 2.70. The van der Waals surface area contributed by atoms with Gasteiger partial charge in [-0.1, -0.05) is 6.92 Å². The number of hydrogen-bond acceptors (Lipinski definition) is 2. The summed E-state index contributed by atoms with van der Waals surface area (Å²) in [7, 11) is 0. The first-order chi connectivity index (χ1) is 9.17. The molecule has 2 rings (SSSR count). The molecule has 0 unspecified atom stereocenters. The van der Waals surface area contributed by atoms with Gasteiger partial charge in [-0.25, -0.2) is 8.78 Å². The number of nitrogens with zero attached hydrogens (tertiary/aromatic N) is 2. The zero-order valence-corrected chi connectivity index (χ0v) is 10.9. The molecule has 0 bridgehead atoms. The number of rotatable bonds is 6. The number of aromatic nitrogens is 2. The van der Waals surface area contributed by atoms with E-state index in [-0.39, 0.29) is 0 Å². The lowest BCUT2D eigenvalue weighted by atomic mass is 10.2. The van der Waals surface area contributed by atoms with E-state index in [2.05, 4.69) is 17.3 Å². The zero-order chi connectivity index (χ0) is 13.7. The van der Waals surface area contributed by atoms with Crippen LogP contribution in [0.25, 0.3) is 0 Å². The number of hydrogen-bond donors (Lipinski definition) is 1. The minimum absolute atomic E-state index is 0.364. The molecule has 0 aliphatic heterocycles. The van der Waals surface area contributed by atoms with Crippen molar-refractivity contribution in [2.75, 3.05) is 6.54 Å². The van der Waals surface area contributed by atoms with Crippen molar-refractivity contribution in [1.29, 1.82) is 0 Å². The molecule has 102 valence electrons. The second-order valence-corrected chi connectivity index (χ2v) is 4.46. The molecular weight excluding hydrogens is 248 g/mol. The van der Waals surface area contributed by atoms with Crippen molar-refractivity contribution in [1.82, 2.24) is 15.1 Å². The molecule has 5 heteroatoms. The Labute approximate surface area is 111 Å². The maximum atomic E-state index is 13.1. The van der Waals surface area contributed by atoms with E-state index in [0.717, 1.165) is 24.7 Å². The molecule has 0 aliphatic carbocycles. The highest BCUT2D eigenvalue weighted by Gasteiger charge is 2.03. The summed E-state index contributed by atoms with van der Waals surface area (Å²) in [6.45, 7) is 4.12. The highest BCUT2D eigenvalue weighted by Crippen LogP contribution is 2.09. The average molecular weight is 265 g/mol. The van der Waals surface area contributed by atoms with Crippen molar-refractivity contribution in [3.8, 4) is 0 Å². The molecule has 0 spiro atoms. The Morgan fingerprint density at radius 1 is 1.21 bits per heavy atom.